The van der Waals surface area contributed by atoms with Gasteiger partial charge in [-0.1, -0.05) is 18.2 Å². The Hall–Kier alpha value is -2.30. The lowest BCUT2D eigenvalue weighted by Gasteiger charge is -2.13. The molecule has 0 spiro atoms. The molecule has 2 nitrogen and oxygen atoms in total. The second kappa shape index (κ2) is 5.36. The molecule has 2 rings (SSSR count). The molecule has 0 amide bonds. The van der Waals surface area contributed by atoms with E-state index in [9.17, 15) is 18.0 Å². The molecule has 0 aliphatic carbocycles. The van der Waals surface area contributed by atoms with Gasteiger partial charge in [-0.05, 0) is 36.8 Å². The third-order valence-electron chi connectivity index (χ3n) is 2.78. The van der Waals surface area contributed by atoms with Gasteiger partial charge in [0, 0.05) is 5.56 Å². The van der Waals surface area contributed by atoms with Gasteiger partial charge < -0.3 is 4.74 Å². The number of alkyl halides is 3. The lowest BCUT2D eigenvalue weighted by molar-refractivity contribution is -0.137. The number of para-hydroxylation sites is 1. The quantitative estimate of drug-likeness (QED) is 0.767. The summed E-state index contributed by atoms with van der Waals surface area (Å²) in [6, 6.07) is 10.3. The Bertz CT molecular complexity index is 633. The molecule has 0 aromatic heterocycles. The Morgan fingerprint density at radius 2 is 1.80 bits per heavy atom. The molecule has 104 valence electrons. The van der Waals surface area contributed by atoms with Gasteiger partial charge in [0.15, 0.2) is 6.29 Å². The van der Waals surface area contributed by atoms with E-state index in [2.05, 4.69) is 0 Å². The zero-order valence-corrected chi connectivity index (χ0v) is 10.6. The highest BCUT2D eigenvalue weighted by molar-refractivity contribution is 5.78. The molecule has 0 heterocycles. The predicted molar refractivity (Wildman–Crippen MR) is 68.1 cm³/mol. The highest BCUT2D eigenvalue weighted by Crippen LogP contribution is 2.35. The first-order valence-electron chi connectivity index (χ1n) is 5.81. The van der Waals surface area contributed by atoms with E-state index in [1.165, 1.54) is 6.07 Å². The van der Waals surface area contributed by atoms with Crippen LogP contribution in [0.5, 0.6) is 11.5 Å². The molecule has 0 N–H and O–H groups in total. The number of aldehydes is 1. The molecule has 0 unspecified atom stereocenters. The predicted octanol–water partition coefficient (Wildman–Crippen LogP) is 4.62. The van der Waals surface area contributed by atoms with Crippen molar-refractivity contribution in [1.82, 2.24) is 0 Å². The maximum atomic E-state index is 12.8. The normalized spacial score (nSPS) is 11.2. The smallest absolute Gasteiger partial charge is 0.417 e. The largest absolute Gasteiger partial charge is 0.457 e. The monoisotopic (exact) mass is 280 g/mol. The van der Waals surface area contributed by atoms with E-state index >= 15 is 0 Å². The second-order valence-electron chi connectivity index (χ2n) is 4.23. The summed E-state index contributed by atoms with van der Waals surface area (Å²) in [4.78, 5) is 10.7. The van der Waals surface area contributed by atoms with Crippen LogP contribution >= 0.6 is 0 Å². The van der Waals surface area contributed by atoms with Gasteiger partial charge in [-0.3, -0.25) is 4.79 Å². The molecule has 0 aliphatic rings. The molecule has 5 heteroatoms. The Morgan fingerprint density at radius 3 is 2.40 bits per heavy atom. The van der Waals surface area contributed by atoms with Crippen LogP contribution in [0.1, 0.15) is 21.5 Å². The molecule has 0 radical (unpaired) electrons. The fourth-order valence-corrected chi connectivity index (χ4v) is 1.75. The van der Waals surface area contributed by atoms with Gasteiger partial charge in [0.1, 0.15) is 11.5 Å². The van der Waals surface area contributed by atoms with E-state index in [0.29, 0.717) is 5.75 Å². The van der Waals surface area contributed by atoms with Crippen LogP contribution in [0, 0.1) is 6.92 Å². The summed E-state index contributed by atoms with van der Waals surface area (Å²) in [5.41, 5.74) is -0.603. The Balaban J connectivity index is 2.40. The third-order valence-corrected chi connectivity index (χ3v) is 2.78. The van der Waals surface area contributed by atoms with E-state index in [1.807, 2.05) is 0 Å². The summed E-state index contributed by atoms with van der Waals surface area (Å²) in [7, 11) is 0. The van der Waals surface area contributed by atoms with Gasteiger partial charge in [-0.25, -0.2) is 0 Å². The van der Waals surface area contributed by atoms with Crippen LogP contribution in [0.3, 0.4) is 0 Å². The molecule has 0 fully saturated rings. The Kier molecular flexibility index (Phi) is 3.79. The first-order valence-corrected chi connectivity index (χ1v) is 5.81. The van der Waals surface area contributed by atoms with Crippen molar-refractivity contribution in [2.24, 2.45) is 0 Å². The van der Waals surface area contributed by atoms with E-state index in [0.717, 1.165) is 17.7 Å². The first-order chi connectivity index (χ1) is 9.41. The molecule has 0 saturated heterocycles. The summed E-state index contributed by atoms with van der Waals surface area (Å²) in [5.74, 6) is 0.511. The van der Waals surface area contributed by atoms with Crippen molar-refractivity contribution in [2.45, 2.75) is 13.1 Å². The summed E-state index contributed by atoms with van der Waals surface area (Å²) in [5, 5.41) is 0. The van der Waals surface area contributed by atoms with Crippen LogP contribution in [0.4, 0.5) is 13.2 Å². The van der Waals surface area contributed by atoms with Crippen LogP contribution in [-0.4, -0.2) is 6.29 Å². The van der Waals surface area contributed by atoms with Crippen molar-refractivity contribution in [1.29, 1.82) is 0 Å². The number of benzene rings is 2. The average molecular weight is 280 g/mol. The number of hydrogen-bond donors (Lipinski definition) is 0. The van der Waals surface area contributed by atoms with Gasteiger partial charge >= 0.3 is 6.18 Å². The van der Waals surface area contributed by atoms with Crippen molar-refractivity contribution in [3.8, 4) is 11.5 Å². The van der Waals surface area contributed by atoms with Gasteiger partial charge in [-0.15, -0.1) is 0 Å². The summed E-state index contributed by atoms with van der Waals surface area (Å²) in [6.07, 6.45) is -4.41. The fraction of sp³-hybridized carbons (Fsp3) is 0.133. The Labute approximate surface area is 113 Å². The lowest BCUT2D eigenvalue weighted by atomic mass is 10.1. The standard InChI is InChI=1S/C15H11F3O2/c1-10-4-2-3-5-14(10)20-12-7-6-11(9-19)13(8-12)15(16,17)18/h2-9H,1H3. The molecule has 0 aliphatic heterocycles. The van der Waals surface area contributed by atoms with Gasteiger partial charge in [-0.2, -0.15) is 13.2 Å². The minimum atomic E-state index is -4.60. The highest BCUT2D eigenvalue weighted by Gasteiger charge is 2.33. The molecular weight excluding hydrogens is 269 g/mol. The minimum Gasteiger partial charge on any atom is -0.457 e. The number of carbonyl (C=O) groups is 1. The summed E-state index contributed by atoms with van der Waals surface area (Å²) < 4.78 is 43.9. The topological polar surface area (TPSA) is 26.3 Å². The lowest BCUT2D eigenvalue weighted by Crippen LogP contribution is -2.09. The zero-order valence-electron chi connectivity index (χ0n) is 10.6. The van der Waals surface area contributed by atoms with Gasteiger partial charge in [0.05, 0.1) is 5.56 Å². The Morgan fingerprint density at radius 1 is 1.10 bits per heavy atom. The van der Waals surface area contributed by atoms with E-state index in [4.69, 9.17) is 4.74 Å². The van der Waals surface area contributed by atoms with E-state index in [1.54, 1.807) is 31.2 Å². The number of halogens is 3. The van der Waals surface area contributed by atoms with Crippen molar-refractivity contribution >= 4 is 6.29 Å². The number of aryl methyl sites for hydroxylation is 1. The summed E-state index contributed by atoms with van der Waals surface area (Å²) in [6.45, 7) is 1.79. The van der Waals surface area contributed by atoms with Gasteiger partial charge in [0.2, 0.25) is 0 Å². The molecule has 2 aromatic rings. The van der Waals surface area contributed by atoms with E-state index in [-0.39, 0.29) is 12.0 Å². The fourth-order valence-electron chi connectivity index (χ4n) is 1.75. The van der Waals surface area contributed by atoms with Crippen LogP contribution in [0.2, 0.25) is 0 Å². The van der Waals surface area contributed by atoms with Crippen LogP contribution in [0.15, 0.2) is 42.5 Å². The van der Waals surface area contributed by atoms with Crippen LogP contribution in [0.25, 0.3) is 0 Å². The first kappa shape index (κ1) is 14.1. The third kappa shape index (κ3) is 2.99. The van der Waals surface area contributed by atoms with Crippen molar-refractivity contribution < 1.29 is 22.7 Å². The molecule has 0 atom stereocenters. The van der Waals surface area contributed by atoms with Crippen LogP contribution in [-0.2, 0) is 6.18 Å². The SMILES string of the molecule is Cc1ccccc1Oc1ccc(C=O)c(C(F)(F)F)c1. The number of hydrogen-bond acceptors (Lipinski definition) is 2. The maximum Gasteiger partial charge on any atom is 0.417 e. The molecule has 2 aromatic carbocycles. The molecule has 20 heavy (non-hydrogen) atoms. The average Bonchev–Trinajstić information content (AvgIpc) is 2.40. The highest BCUT2D eigenvalue weighted by atomic mass is 19.4. The van der Waals surface area contributed by atoms with E-state index < -0.39 is 17.3 Å². The minimum absolute atomic E-state index is 0.0391. The molecule has 0 saturated carbocycles. The molecular formula is C15H11F3O2. The van der Waals surface area contributed by atoms with Crippen molar-refractivity contribution in [2.75, 3.05) is 0 Å². The number of rotatable bonds is 3. The number of carbonyl (C=O) groups excluding carboxylic acids is 1. The van der Waals surface area contributed by atoms with Gasteiger partial charge in [0.25, 0.3) is 0 Å². The second-order valence-corrected chi connectivity index (χ2v) is 4.23. The number of ether oxygens (including phenoxy) is 1. The van der Waals surface area contributed by atoms with Crippen molar-refractivity contribution in [3.63, 3.8) is 0 Å². The maximum absolute atomic E-state index is 12.8. The molecule has 0 bridgehead atoms. The van der Waals surface area contributed by atoms with Crippen molar-refractivity contribution in [3.05, 3.63) is 59.2 Å². The zero-order chi connectivity index (χ0) is 14.8. The van der Waals surface area contributed by atoms with Crippen LogP contribution < -0.4 is 4.74 Å². The summed E-state index contributed by atoms with van der Waals surface area (Å²) >= 11 is 0.